The number of rotatable bonds is 0. The number of phenols is 1. The van der Waals surface area contributed by atoms with E-state index < -0.39 is 0 Å². The number of carbonyl (C=O) groups excluding carboxylic acids is 1. The number of nitrogens with zero attached hydrogens (tertiary/aromatic N) is 2. The van der Waals surface area contributed by atoms with Gasteiger partial charge < -0.3 is 5.11 Å². The molecule has 0 aromatic heterocycles. The fraction of sp³-hybridized carbons (Fsp3) is 0.188. The lowest BCUT2D eigenvalue weighted by molar-refractivity contribution is -0.109. The molecule has 4 heteroatoms. The molecular formula is C16H12N2O2. The van der Waals surface area contributed by atoms with Crippen molar-refractivity contribution in [3.63, 3.8) is 0 Å². The van der Waals surface area contributed by atoms with E-state index in [1.165, 1.54) is 0 Å². The van der Waals surface area contributed by atoms with Gasteiger partial charge in [-0.05, 0) is 37.5 Å². The number of ketones is 1. The fourth-order valence-electron chi connectivity index (χ4n) is 2.98. The summed E-state index contributed by atoms with van der Waals surface area (Å²) in [6.45, 7) is 3.80. The van der Waals surface area contributed by atoms with Crippen LogP contribution in [-0.2, 0) is 4.79 Å². The van der Waals surface area contributed by atoms with E-state index in [4.69, 9.17) is 0 Å². The zero-order valence-corrected chi connectivity index (χ0v) is 11.2. The maximum absolute atomic E-state index is 12.4. The van der Waals surface area contributed by atoms with E-state index in [1.54, 1.807) is 18.5 Å². The van der Waals surface area contributed by atoms with Crippen molar-refractivity contribution in [2.75, 3.05) is 0 Å². The maximum Gasteiger partial charge on any atom is 0.207 e. The van der Waals surface area contributed by atoms with Gasteiger partial charge in [-0.2, -0.15) is 0 Å². The number of hydrogen-bond acceptors (Lipinski definition) is 4. The van der Waals surface area contributed by atoms with Crippen LogP contribution >= 0.6 is 0 Å². The first kappa shape index (κ1) is 11.3. The lowest BCUT2D eigenvalue weighted by atomic mass is 9.86. The van der Waals surface area contributed by atoms with Crippen LogP contribution in [0.2, 0.25) is 0 Å². The number of fused-ring (bicyclic) bond motifs is 4. The SMILES string of the molecule is CC1=C(C)C(=O)C2=Nc3c(O)cc4c(c3=C2C1)=CN=C4. The lowest BCUT2D eigenvalue weighted by Crippen LogP contribution is -2.32. The van der Waals surface area contributed by atoms with E-state index in [-0.39, 0.29) is 11.5 Å². The van der Waals surface area contributed by atoms with Gasteiger partial charge in [0.15, 0.2) is 0 Å². The van der Waals surface area contributed by atoms with Crippen LogP contribution in [0.1, 0.15) is 25.8 Å². The van der Waals surface area contributed by atoms with Crippen molar-refractivity contribution in [2.24, 2.45) is 9.98 Å². The van der Waals surface area contributed by atoms with Crippen LogP contribution in [-0.4, -0.2) is 22.8 Å². The first-order valence-corrected chi connectivity index (χ1v) is 6.50. The fourth-order valence-corrected chi connectivity index (χ4v) is 2.98. The number of aromatic hydroxyl groups is 1. The highest BCUT2D eigenvalue weighted by molar-refractivity contribution is 6.60. The van der Waals surface area contributed by atoms with E-state index in [0.717, 1.165) is 32.7 Å². The second kappa shape index (κ2) is 3.54. The molecule has 3 aliphatic rings. The summed E-state index contributed by atoms with van der Waals surface area (Å²) < 4.78 is 0. The van der Waals surface area contributed by atoms with Crippen LogP contribution in [0.5, 0.6) is 5.75 Å². The first-order chi connectivity index (χ1) is 9.58. The number of hydrogen-bond donors (Lipinski definition) is 1. The lowest BCUT2D eigenvalue weighted by Gasteiger charge is -2.16. The molecule has 0 saturated heterocycles. The van der Waals surface area contributed by atoms with Crippen LogP contribution in [0.25, 0.3) is 11.8 Å². The zero-order chi connectivity index (χ0) is 14.0. The Kier molecular flexibility index (Phi) is 2.01. The van der Waals surface area contributed by atoms with Gasteiger partial charge in [0.05, 0.1) is 0 Å². The summed E-state index contributed by atoms with van der Waals surface area (Å²) in [7, 11) is 0. The highest BCUT2D eigenvalue weighted by Gasteiger charge is 2.31. The van der Waals surface area contributed by atoms with Gasteiger partial charge in [0.2, 0.25) is 5.78 Å². The normalized spacial score (nSPS) is 18.8. The van der Waals surface area contributed by atoms with Gasteiger partial charge >= 0.3 is 0 Å². The average Bonchev–Trinajstić information content (AvgIpc) is 3.00. The van der Waals surface area contributed by atoms with Gasteiger partial charge in [-0.25, -0.2) is 4.99 Å². The van der Waals surface area contributed by atoms with Crippen LogP contribution in [0.15, 0.2) is 27.2 Å². The second-order valence-corrected chi connectivity index (χ2v) is 5.38. The van der Waals surface area contributed by atoms with Crippen molar-refractivity contribution in [3.8, 4) is 5.75 Å². The van der Waals surface area contributed by atoms with Gasteiger partial charge in [-0.15, -0.1) is 0 Å². The van der Waals surface area contributed by atoms with E-state index >= 15 is 0 Å². The molecule has 2 aliphatic heterocycles. The molecule has 4 nitrogen and oxygen atoms in total. The Labute approximate surface area is 115 Å². The van der Waals surface area contributed by atoms with Crippen molar-refractivity contribution in [3.05, 3.63) is 33.2 Å². The van der Waals surface area contributed by atoms with Gasteiger partial charge in [-0.1, -0.05) is 5.57 Å². The summed E-state index contributed by atoms with van der Waals surface area (Å²) in [5.74, 6) is 0.0741. The standard InChI is InChI=1S/C16H12N2O2/c1-7-3-10-13-11-6-17-5-9(11)4-12(19)15(13)18-14(10)16(20)8(7)2/h4-6,19H,3H2,1-2H3. The summed E-state index contributed by atoms with van der Waals surface area (Å²) in [5.41, 5.74) is 4.60. The van der Waals surface area contributed by atoms with Gasteiger partial charge in [-0.3, -0.25) is 9.79 Å². The summed E-state index contributed by atoms with van der Waals surface area (Å²) in [4.78, 5) is 20.9. The average molecular weight is 264 g/mol. The van der Waals surface area contributed by atoms with Crippen LogP contribution in [0.4, 0.5) is 5.69 Å². The zero-order valence-electron chi connectivity index (χ0n) is 11.2. The number of allylic oxidation sites excluding steroid dienone is 2. The van der Waals surface area contributed by atoms with E-state index in [9.17, 15) is 9.90 Å². The molecular weight excluding hydrogens is 252 g/mol. The van der Waals surface area contributed by atoms with Gasteiger partial charge in [0.1, 0.15) is 17.1 Å². The molecule has 0 unspecified atom stereocenters. The Morgan fingerprint density at radius 3 is 2.90 bits per heavy atom. The first-order valence-electron chi connectivity index (χ1n) is 6.50. The predicted octanol–water partition coefficient (Wildman–Crippen LogP) is 1.11. The molecule has 1 aliphatic carbocycles. The van der Waals surface area contributed by atoms with Crippen molar-refractivity contribution in [2.45, 2.75) is 20.3 Å². The highest BCUT2D eigenvalue weighted by Crippen LogP contribution is 2.33. The maximum atomic E-state index is 12.4. The molecule has 4 rings (SSSR count). The van der Waals surface area contributed by atoms with Crippen LogP contribution < -0.4 is 10.4 Å². The molecule has 1 aromatic rings. The summed E-state index contributed by atoms with van der Waals surface area (Å²) in [5, 5.41) is 12.0. The Morgan fingerprint density at radius 1 is 1.30 bits per heavy atom. The predicted molar refractivity (Wildman–Crippen MR) is 77.9 cm³/mol. The minimum Gasteiger partial charge on any atom is -0.506 e. The largest absolute Gasteiger partial charge is 0.506 e. The number of Topliss-reactive ketones (excluding diaryl/α,β-unsaturated/α-hetero) is 1. The highest BCUT2D eigenvalue weighted by atomic mass is 16.3. The Bertz CT molecular complexity index is 915. The van der Waals surface area contributed by atoms with E-state index in [2.05, 4.69) is 9.98 Å². The minimum absolute atomic E-state index is 0.0352. The van der Waals surface area contributed by atoms with Crippen molar-refractivity contribution in [1.29, 1.82) is 0 Å². The second-order valence-electron chi connectivity index (χ2n) is 5.38. The third-order valence-corrected chi connectivity index (χ3v) is 4.22. The number of aliphatic imine (C=N–C) groups is 2. The minimum atomic E-state index is -0.0352. The molecule has 0 radical (unpaired) electrons. The van der Waals surface area contributed by atoms with Gasteiger partial charge in [0.25, 0.3) is 0 Å². The topological polar surface area (TPSA) is 62.0 Å². The molecule has 1 N–H and O–H groups in total. The molecule has 0 spiro atoms. The quantitative estimate of drug-likeness (QED) is 0.763. The van der Waals surface area contributed by atoms with E-state index in [1.807, 2.05) is 13.8 Å². The molecule has 0 amide bonds. The molecule has 0 atom stereocenters. The molecule has 2 heterocycles. The Hall–Kier alpha value is -2.49. The van der Waals surface area contributed by atoms with Crippen molar-refractivity contribution < 1.29 is 9.90 Å². The summed E-state index contributed by atoms with van der Waals surface area (Å²) >= 11 is 0. The molecule has 0 saturated carbocycles. The molecule has 0 fully saturated rings. The third kappa shape index (κ3) is 1.23. The molecule has 1 aromatic carbocycles. The van der Waals surface area contributed by atoms with Gasteiger partial charge in [0, 0.05) is 28.4 Å². The summed E-state index contributed by atoms with van der Waals surface area (Å²) in [6.07, 6.45) is 4.18. The third-order valence-electron chi connectivity index (χ3n) is 4.22. The van der Waals surface area contributed by atoms with Crippen molar-refractivity contribution in [1.82, 2.24) is 0 Å². The van der Waals surface area contributed by atoms with Crippen LogP contribution in [0.3, 0.4) is 0 Å². The number of carbonyl (C=O) groups is 1. The van der Waals surface area contributed by atoms with E-state index in [0.29, 0.717) is 17.8 Å². The van der Waals surface area contributed by atoms with Crippen LogP contribution in [0, 0.1) is 0 Å². The molecule has 20 heavy (non-hydrogen) atoms. The number of phenolic OH excluding ortho intramolecular Hbond substituents is 1. The number of benzene rings is 1. The van der Waals surface area contributed by atoms with Crippen molar-refractivity contribution >= 4 is 35.2 Å². The Balaban J connectivity index is 2.16. The molecule has 98 valence electrons. The monoisotopic (exact) mass is 264 g/mol. The summed E-state index contributed by atoms with van der Waals surface area (Å²) in [6, 6.07) is 1.65. The Morgan fingerprint density at radius 2 is 2.10 bits per heavy atom. The smallest absolute Gasteiger partial charge is 0.207 e. The molecule has 0 bridgehead atoms.